The van der Waals surface area contributed by atoms with E-state index in [0.29, 0.717) is 7.14 Å². The summed E-state index contributed by atoms with van der Waals surface area (Å²) < 4.78 is 42.5. The van der Waals surface area contributed by atoms with Crippen LogP contribution in [0.3, 0.4) is 0 Å². The number of nitrogens with one attached hydrogen (secondary N) is 1. The molecule has 168 valence electrons. The molecule has 0 aliphatic carbocycles. The lowest BCUT2D eigenvalue weighted by molar-refractivity contribution is 0.606. The highest BCUT2D eigenvalue weighted by Gasteiger charge is 2.22. The van der Waals surface area contributed by atoms with Crippen molar-refractivity contribution in [2.45, 2.75) is 51.4 Å². The maximum Gasteiger partial charge on any atom is 0.147 e. The quantitative estimate of drug-likeness (QED) is 0.268. The summed E-state index contributed by atoms with van der Waals surface area (Å²) in [7, 11) is -1.19. The Kier molecular flexibility index (Phi) is 10.4. The molecule has 2 aromatic carbocycles. The fourth-order valence-corrected chi connectivity index (χ4v) is 4.17. The Labute approximate surface area is 206 Å². The smallest absolute Gasteiger partial charge is 0.147 e. The summed E-state index contributed by atoms with van der Waals surface area (Å²) in [5.74, 6) is -0.832. The third-order valence-corrected chi connectivity index (χ3v) is 7.53. The molecule has 2 rings (SSSR count). The average molecular weight is 664 g/mol. The van der Waals surface area contributed by atoms with Crippen LogP contribution in [0.25, 0.3) is 0 Å². The summed E-state index contributed by atoms with van der Waals surface area (Å²) in [4.78, 5) is 0. The lowest BCUT2D eigenvalue weighted by atomic mass is 10.1. The van der Waals surface area contributed by atoms with Crippen molar-refractivity contribution < 1.29 is 13.0 Å². The summed E-state index contributed by atoms with van der Waals surface area (Å²) >= 11 is 3.98. The zero-order valence-corrected chi connectivity index (χ0v) is 22.7. The number of hydrogen-bond donors (Lipinski definition) is 4. The van der Waals surface area contributed by atoms with E-state index in [4.69, 9.17) is 17.2 Å². The molecule has 0 heterocycles. The Morgan fingerprint density at radius 2 is 1.33 bits per heavy atom. The number of nitrogen functional groups attached to an aromatic ring is 2. The first-order chi connectivity index (χ1) is 13.6. The van der Waals surface area contributed by atoms with Gasteiger partial charge in [0.15, 0.2) is 0 Å². The van der Waals surface area contributed by atoms with Gasteiger partial charge < -0.3 is 17.2 Å². The van der Waals surface area contributed by atoms with Gasteiger partial charge in [-0.05, 0) is 115 Å². The lowest BCUT2D eigenvalue weighted by Gasteiger charge is -2.22. The number of anilines is 2. The molecule has 3 atom stereocenters. The van der Waals surface area contributed by atoms with Gasteiger partial charge in [-0.1, -0.05) is 0 Å². The van der Waals surface area contributed by atoms with E-state index in [1.165, 1.54) is 12.1 Å². The van der Waals surface area contributed by atoms with E-state index in [0.717, 1.165) is 11.1 Å². The van der Waals surface area contributed by atoms with Gasteiger partial charge >= 0.3 is 0 Å². The third-order valence-electron chi connectivity index (χ3n) is 4.07. The molecule has 0 saturated carbocycles. The molecule has 7 N–H and O–H groups in total. The SMILES string of the molecule is CC(N)c1cc(F)c(N)c(I)c1.CC(NS(=O)C(C)(C)C)c1cc(F)c(N)c(I)c1. The molecule has 30 heavy (non-hydrogen) atoms. The first-order valence-corrected chi connectivity index (χ1v) is 12.4. The van der Waals surface area contributed by atoms with Gasteiger partial charge in [0.1, 0.15) is 11.6 Å². The topological polar surface area (TPSA) is 107 Å². The Morgan fingerprint density at radius 1 is 0.933 bits per heavy atom. The summed E-state index contributed by atoms with van der Waals surface area (Å²) in [5, 5.41) is 0. The Morgan fingerprint density at radius 3 is 1.70 bits per heavy atom. The predicted octanol–water partition coefficient (Wildman–Crippen LogP) is 5.16. The van der Waals surface area contributed by atoms with Gasteiger partial charge in [-0.3, -0.25) is 0 Å². The largest absolute Gasteiger partial charge is 0.395 e. The van der Waals surface area contributed by atoms with Crippen LogP contribution in [-0.2, 0) is 11.0 Å². The minimum absolute atomic E-state index is 0.156. The van der Waals surface area contributed by atoms with Crippen molar-refractivity contribution in [1.82, 2.24) is 4.72 Å². The third kappa shape index (κ3) is 7.84. The van der Waals surface area contributed by atoms with Gasteiger partial charge in [0.25, 0.3) is 0 Å². The Bertz CT molecular complexity index is 874. The highest BCUT2D eigenvalue weighted by molar-refractivity contribution is 14.1. The maximum atomic E-state index is 13.5. The minimum atomic E-state index is -1.19. The van der Waals surface area contributed by atoms with Crippen molar-refractivity contribution in [3.05, 3.63) is 54.2 Å². The first kappa shape index (κ1) is 27.5. The fourth-order valence-electron chi connectivity index (χ4n) is 2.13. The van der Waals surface area contributed by atoms with Crippen LogP contribution in [0.1, 0.15) is 57.8 Å². The molecular weight excluding hydrogens is 636 g/mol. The van der Waals surface area contributed by atoms with Crippen LogP contribution < -0.4 is 21.9 Å². The normalized spacial score (nSPS) is 14.5. The van der Waals surface area contributed by atoms with Crippen molar-refractivity contribution in [3.8, 4) is 0 Å². The average Bonchev–Trinajstić information content (AvgIpc) is 2.62. The van der Waals surface area contributed by atoms with Crippen molar-refractivity contribution in [3.63, 3.8) is 0 Å². The van der Waals surface area contributed by atoms with Crippen LogP contribution in [0, 0.1) is 18.8 Å². The molecule has 0 radical (unpaired) electrons. The molecule has 2 aromatic rings. The van der Waals surface area contributed by atoms with Gasteiger partial charge in [-0.2, -0.15) is 0 Å². The molecule has 10 heteroatoms. The van der Waals surface area contributed by atoms with Crippen molar-refractivity contribution in [1.29, 1.82) is 0 Å². The second kappa shape index (κ2) is 11.3. The summed E-state index contributed by atoms with van der Waals surface area (Å²) in [5.41, 5.74) is 18.4. The molecular formula is C20H28F2I2N4OS. The zero-order valence-electron chi connectivity index (χ0n) is 17.5. The van der Waals surface area contributed by atoms with E-state index in [9.17, 15) is 13.0 Å². The molecule has 0 spiro atoms. The van der Waals surface area contributed by atoms with Gasteiger partial charge in [0.2, 0.25) is 0 Å². The number of benzene rings is 2. The summed E-state index contributed by atoms with van der Waals surface area (Å²) in [6, 6.07) is 6.00. The number of halogens is 4. The van der Waals surface area contributed by atoms with E-state index in [1.54, 1.807) is 19.1 Å². The van der Waals surface area contributed by atoms with Gasteiger partial charge in [-0.15, -0.1) is 0 Å². The first-order valence-electron chi connectivity index (χ1n) is 9.07. The molecule has 0 amide bonds. The monoisotopic (exact) mass is 664 g/mol. The number of rotatable bonds is 4. The van der Waals surface area contributed by atoms with Crippen molar-refractivity contribution in [2.24, 2.45) is 5.73 Å². The van der Waals surface area contributed by atoms with Crippen LogP contribution >= 0.6 is 45.2 Å². The van der Waals surface area contributed by atoms with Gasteiger partial charge in [0, 0.05) is 19.2 Å². The summed E-state index contributed by atoms with van der Waals surface area (Å²) in [6.45, 7) is 9.31. The molecule has 0 aliphatic heterocycles. The van der Waals surface area contributed by atoms with Gasteiger partial charge in [-0.25, -0.2) is 17.7 Å². The predicted molar refractivity (Wildman–Crippen MR) is 139 cm³/mol. The molecule has 3 unspecified atom stereocenters. The molecule has 0 fully saturated rings. The van der Waals surface area contributed by atoms with Gasteiger partial charge in [0.05, 0.1) is 27.1 Å². The van der Waals surface area contributed by atoms with Crippen molar-refractivity contribution >= 4 is 67.5 Å². The highest BCUT2D eigenvalue weighted by atomic mass is 127. The molecule has 0 bridgehead atoms. The second-order valence-corrected chi connectivity index (χ2v) is 12.1. The molecule has 0 aliphatic rings. The molecule has 0 aromatic heterocycles. The number of hydrogen-bond acceptors (Lipinski definition) is 4. The maximum absolute atomic E-state index is 13.5. The molecule has 5 nitrogen and oxygen atoms in total. The van der Waals surface area contributed by atoms with E-state index < -0.39 is 22.6 Å². The van der Waals surface area contributed by atoms with E-state index in [2.05, 4.69) is 4.72 Å². The Balaban J connectivity index is 0.000000325. The standard InChI is InChI=1S/C12H18FIN2OS.C8H10FIN2/c1-7(16-18(17)12(2,3)4)8-5-9(13)11(15)10(14)6-8;1-4(11)5-2-6(9)8(12)7(10)3-5/h5-7,16H,15H2,1-4H3;2-4H,11-12H2,1H3. The van der Waals surface area contributed by atoms with Crippen LogP contribution in [0.15, 0.2) is 24.3 Å². The summed E-state index contributed by atoms with van der Waals surface area (Å²) in [6.07, 6.45) is 0. The molecule has 0 saturated heterocycles. The van der Waals surface area contributed by atoms with E-state index >= 15 is 0 Å². The highest BCUT2D eigenvalue weighted by Crippen LogP contribution is 2.25. The van der Waals surface area contributed by atoms with Crippen LogP contribution in [0.5, 0.6) is 0 Å². The second-order valence-electron chi connectivity index (χ2n) is 7.81. The fraction of sp³-hybridized carbons (Fsp3) is 0.400. The van der Waals surface area contributed by atoms with Crippen LogP contribution in [0.4, 0.5) is 20.2 Å². The number of nitrogens with two attached hydrogens (primary N) is 3. The van der Waals surface area contributed by atoms with Crippen LogP contribution in [-0.4, -0.2) is 8.96 Å². The van der Waals surface area contributed by atoms with Crippen molar-refractivity contribution in [2.75, 3.05) is 11.5 Å². The van der Waals surface area contributed by atoms with E-state index in [1.807, 2.05) is 72.9 Å². The zero-order chi connectivity index (χ0) is 23.4. The minimum Gasteiger partial charge on any atom is -0.395 e. The lowest BCUT2D eigenvalue weighted by Crippen LogP contribution is -2.34. The van der Waals surface area contributed by atoms with Crippen LogP contribution in [0.2, 0.25) is 0 Å². The Hall–Kier alpha value is -0.570. The van der Waals surface area contributed by atoms with E-state index in [-0.39, 0.29) is 28.2 Å².